The van der Waals surface area contributed by atoms with Gasteiger partial charge in [-0.2, -0.15) is 0 Å². The van der Waals surface area contributed by atoms with Gasteiger partial charge in [0.1, 0.15) is 5.75 Å². The lowest BCUT2D eigenvalue weighted by Crippen LogP contribution is -2.20. The third kappa shape index (κ3) is 2.95. The van der Waals surface area contributed by atoms with E-state index in [2.05, 4.69) is 17.4 Å². The van der Waals surface area contributed by atoms with E-state index in [9.17, 15) is 4.79 Å². The molecule has 118 valence electrons. The molecule has 0 saturated carbocycles. The Morgan fingerprint density at radius 2 is 1.91 bits per heavy atom. The van der Waals surface area contributed by atoms with Crippen LogP contribution in [0.25, 0.3) is 0 Å². The second-order valence-electron chi connectivity index (χ2n) is 5.69. The predicted molar refractivity (Wildman–Crippen MR) is 85.2 cm³/mol. The van der Waals surface area contributed by atoms with Crippen LogP contribution in [0.15, 0.2) is 36.4 Å². The maximum absolute atomic E-state index is 12.0. The van der Waals surface area contributed by atoms with Gasteiger partial charge >= 0.3 is 0 Å². The van der Waals surface area contributed by atoms with Crippen LogP contribution in [0.2, 0.25) is 0 Å². The van der Waals surface area contributed by atoms with Crippen LogP contribution < -0.4 is 19.5 Å². The molecule has 0 saturated heterocycles. The van der Waals surface area contributed by atoms with Crippen molar-refractivity contribution in [3.8, 4) is 17.2 Å². The van der Waals surface area contributed by atoms with Crippen LogP contribution in [0.3, 0.4) is 0 Å². The zero-order valence-corrected chi connectivity index (χ0v) is 12.6. The monoisotopic (exact) mass is 311 g/mol. The van der Waals surface area contributed by atoms with Gasteiger partial charge in [-0.05, 0) is 54.7 Å². The van der Waals surface area contributed by atoms with Gasteiger partial charge in [-0.15, -0.1) is 0 Å². The fourth-order valence-electron chi connectivity index (χ4n) is 2.96. The quantitative estimate of drug-likeness (QED) is 0.943. The summed E-state index contributed by atoms with van der Waals surface area (Å²) in [7, 11) is 0. The van der Waals surface area contributed by atoms with Crippen LogP contribution in [0, 0.1) is 0 Å². The molecule has 0 atom stereocenters. The van der Waals surface area contributed by atoms with E-state index >= 15 is 0 Å². The molecule has 1 aliphatic carbocycles. The molecule has 0 spiro atoms. The average Bonchev–Trinajstić information content (AvgIpc) is 3.20. The van der Waals surface area contributed by atoms with Gasteiger partial charge in [-0.3, -0.25) is 4.79 Å². The Balaban J connectivity index is 1.35. The molecule has 2 aliphatic rings. The first kappa shape index (κ1) is 13.9. The van der Waals surface area contributed by atoms with Crippen LogP contribution in [-0.4, -0.2) is 19.3 Å². The summed E-state index contributed by atoms with van der Waals surface area (Å²) in [5.74, 6) is 1.74. The van der Waals surface area contributed by atoms with Crippen molar-refractivity contribution < 1.29 is 19.0 Å². The number of fused-ring (bicyclic) bond motifs is 2. The highest BCUT2D eigenvalue weighted by atomic mass is 16.7. The molecular formula is C18H17NO4. The molecule has 5 nitrogen and oxygen atoms in total. The van der Waals surface area contributed by atoms with Crippen LogP contribution in [0.4, 0.5) is 5.69 Å². The SMILES string of the molecule is O=C(COc1ccc2c(c1)OCO2)Nc1ccc2c(c1)CCC2. The van der Waals surface area contributed by atoms with E-state index in [-0.39, 0.29) is 19.3 Å². The first-order chi connectivity index (χ1) is 11.3. The summed E-state index contributed by atoms with van der Waals surface area (Å²) in [5.41, 5.74) is 3.55. The highest BCUT2D eigenvalue weighted by molar-refractivity contribution is 5.92. The van der Waals surface area contributed by atoms with E-state index in [0.717, 1.165) is 18.5 Å². The minimum atomic E-state index is -0.180. The lowest BCUT2D eigenvalue weighted by atomic mass is 10.1. The molecule has 5 heteroatoms. The van der Waals surface area contributed by atoms with Gasteiger partial charge < -0.3 is 19.5 Å². The van der Waals surface area contributed by atoms with Crippen molar-refractivity contribution in [1.29, 1.82) is 0 Å². The number of hydrogen-bond donors (Lipinski definition) is 1. The molecule has 1 amide bonds. The van der Waals surface area contributed by atoms with Crippen molar-refractivity contribution in [2.75, 3.05) is 18.7 Å². The normalized spacial score (nSPS) is 14.4. The molecule has 0 bridgehead atoms. The number of hydrogen-bond acceptors (Lipinski definition) is 4. The van der Waals surface area contributed by atoms with Crippen LogP contribution in [0.1, 0.15) is 17.5 Å². The first-order valence-corrected chi connectivity index (χ1v) is 7.72. The molecule has 2 aromatic rings. The van der Waals surface area contributed by atoms with Crippen molar-refractivity contribution in [3.05, 3.63) is 47.5 Å². The van der Waals surface area contributed by atoms with E-state index in [1.165, 1.54) is 17.5 Å². The number of nitrogens with one attached hydrogen (secondary N) is 1. The van der Waals surface area contributed by atoms with Crippen molar-refractivity contribution in [1.82, 2.24) is 0 Å². The number of anilines is 1. The van der Waals surface area contributed by atoms with E-state index in [1.807, 2.05) is 6.07 Å². The van der Waals surface area contributed by atoms with Gasteiger partial charge in [0.15, 0.2) is 18.1 Å². The smallest absolute Gasteiger partial charge is 0.262 e. The number of aryl methyl sites for hydroxylation is 2. The van der Waals surface area contributed by atoms with Crippen LogP contribution in [0.5, 0.6) is 17.2 Å². The molecule has 1 aliphatic heterocycles. The number of amides is 1. The van der Waals surface area contributed by atoms with Crippen LogP contribution in [-0.2, 0) is 17.6 Å². The molecular weight excluding hydrogens is 294 g/mol. The standard InChI is InChI=1S/C18H17NO4/c20-18(19-14-5-4-12-2-1-3-13(12)8-14)10-21-15-6-7-16-17(9-15)23-11-22-16/h4-9H,1-3,10-11H2,(H,19,20). The zero-order chi connectivity index (χ0) is 15.6. The molecule has 2 aromatic carbocycles. The van der Waals surface area contributed by atoms with Crippen molar-refractivity contribution in [2.24, 2.45) is 0 Å². The molecule has 4 rings (SSSR count). The van der Waals surface area contributed by atoms with E-state index in [1.54, 1.807) is 18.2 Å². The van der Waals surface area contributed by atoms with Crippen molar-refractivity contribution in [3.63, 3.8) is 0 Å². The highest BCUT2D eigenvalue weighted by Crippen LogP contribution is 2.35. The molecule has 1 N–H and O–H groups in total. The summed E-state index contributed by atoms with van der Waals surface area (Å²) >= 11 is 0. The minimum absolute atomic E-state index is 0.0449. The lowest BCUT2D eigenvalue weighted by Gasteiger charge is -2.09. The van der Waals surface area contributed by atoms with Gasteiger partial charge in [-0.25, -0.2) is 0 Å². The fourth-order valence-corrected chi connectivity index (χ4v) is 2.96. The first-order valence-electron chi connectivity index (χ1n) is 7.72. The van der Waals surface area contributed by atoms with E-state index in [0.29, 0.717) is 17.2 Å². The molecule has 0 unspecified atom stereocenters. The largest absolute Gasteiger partial charge is 0.484 e. The molecule has 0 radical (unpaired) electrons. The zero-order valence-electron chi connectivity index (χ0n) is 12.6. The summed E-state index contributed by atoms with van der Waals surface area (Å²) < 4.78 is 16.0. The Kier molecular flexibility index (Phi) is 3.54. The van der Waals surface area contributed by atoms with Crippen molar-refractivity contribution >= 4 is 11.6 Å². The van der Waals surface area contributed by atoms with Crippen LogP contribution >= 0.6 is 0 Å². The summed E-state index contributed by atoms with van der Waals surface area (Å²) in [6.45, 7) is 0.175. The van der Waals surface area contributed by atoms with Gasteiger partial charge in [0.25, 0.3) is 5.91 Å². The maximum Gasteiger partial charge on any atom is 0.262 e. The molecule has 1 heterocycles. The highest BCUT2D eigenvalue weighted by Gasteiger charge is 2.15. The van der Waals surface area contributed by atoms with Crippen molar-refractivity contribution in [2.45, 2.75) is 19.3 Å². The number of carbonyl (C=O) groups is 1. The van der Waals surface area contributed by atoms with Gasteiger partial charge in [0.05, 0.1) is 0 Å². The second-order valence-corrected chi connectivity index (χ2v) is 5.69. The summed E-state index contributed by atoms with van der Waals surface area (Å²) in [6.07, 6.45) is 3.42. The van der Waals surface area contributed by atoms with Gasteiger partial charge in [0, 0.05) is 11.8 Å². The lowest BCUT2D eigenvalue weighted by molar-refractivity contribution is -0.118. The number of rotatable bonds is 4. The maximum atomic E-state index is 12.0. The number of benzene rings is 2. The third-order valence-electron chi connectivity index (χ3n) is 4.10. The van der Waals surface area contributed by atoms with E-state index < -0.39 is 0 Å². The molecule has 0 fully saturated rings. The fraction of sp³-hybridized carbons (Fsp3) is 0.278. The Labute approximate surface area is 134 Å². The summed E-state index contributed by atoms with van der Waals surface area (Å²) in [5, 5.41) is 2.87. The Hall–Kier alpha value is -2.69. The van der Waals surface area contributed by atoms with E-state index in [4.69, 9.17) is 14.2 Å². The van der Waals surface area contributed by atoms with Gasteiger partial charge in [-0.1, -0.05) is 6.07 Å². The summed E-state index contributed by atoms with van der Waals surface area (Å²) in [4.78, 5) is 12.0. The minimum Gasteiger partial charge on any atom is -0.484 e. The number of carbonyl (C=O) groups excluding carboxylic acids is 1. The Morgan fingerprint density at radius 1 is 1.04 bits per heavy atom. The average molecular weight is 311 g/mol. The summed E-state index contributed by atoms with van der Waals surface area (Å²) in [6, 6.07) is 11.4. The topological polar surface area (TPSA) is 56.8 Å². The Bertz CT molecular complexity index is 757. The Morgan fingerprint density at radius 3 is 2.87 bits per heavy atom. The molecule has 23 heavy (non-hydrogen) atoms. The number of ether oxygens (including phenoxy) is 3. The third-order valence-corrected chi connectivity index (χ3v) is 4.10. The predicted octanol–water partition coefficient (Wildman–Crippen LogP) is 2.92. The van der Waals surface area contributed by atoms with Gasteiger partial charge in [0.2, 0.25) is 6.79 Å². The molecule has 0 aromatic heterocycles. The second kappa shape index (κ2) is 5.83.